The van der Waals surface area contributed by atoms with E-state index in [9.17, 15) is 9.59 Å². The van der Waals surface area contributed by atoms with E-state index in [4.69, 9.17) is 9.47 Å². The molecule has 0 fully saturated rings. The molecule has 0 spiro atoms. The molecule has 0 amide bonds. The molecule has 104 valence electrons. The molecule has 1 atom stereocenters. The molecular weight excluding hydrogens is 276 g/mol. The van der Waals surface area contributed by atoms with Gasteiger partial charge in [-0.1, -0.05) is 11.8 Å². The molecule has 0 saturated heterocycles. The number of hydrogen-bond acceptors (Lipinski definition) is 5. The van der Waals surface area contributed by atoms with E-state index in [1.807, 2.05) is 12.1 Å². The molecule has 0 radical (unpaired) electrons. The van der Waals surface area contributed by atoms with Crippen LogP contribution >= 0.6 is 11.3 Å². The van der Waals surface area contributed by atoms with Crippen LogP contribution in [0.3, 0.4) is 0 Å². The van der Waals surface area contributed by atoms with Gasteiger partial charge in [-0.05, 0) is 25.0 Å². The first-order valence-electron chi connectivity index (χ1n) is 5.86. The summed E-state index contributed by atoms with van der Waals surface area (Å²) in [6.45, 7) is 4.26. The highest BCUT2D eigenvalue weighted by Gasteiger charge is 2.10. The topological polar surface area (TPSA) is 52.6 Å². The Kier molecular flexibility index (Phi) is 6.36. The highest BCUT2D eigenvalue weighted by atomic mass is 32.1. The van der Waals surface area contributed by atoms with Crippen molar-refractivity contribution < 1.29 is 19.1 Å². The Morgan fingerprint density at radius 1 is 1.20 bits per heavy atom. The Morgan fingerprint density at radius 3 is 2.40 bits per heavy atom. The first-order valence-corrected chi connectivity index (χ1v) is 6.67. The van der Waals surface area contributed by atoms with Crippen LogP contribution in [-0.2, 0) is 19.1 Å². The Labute approximate surface area is 122 Å². The van der Waals surface area contributed by atoms with Gasteiger partial charge in [-0.2, -0.15) is 0 Å². The molecule has 0 aliphatic carbocycles. The van der Waals surface area contributed by atoms with Crippen molar-refractivity contribution in [3.63, 3.8) is 0 Å². The molecular formula is C15H14O4S. The lowest BCUT2D eigenvalue weighted by atomic mass is 10.3. The second-order valence-corrected chi connectivity index (χ2v) is 4.79. The van der Waals surface area contributed by atoms with Gasteiger partial charge in [-0.3, -0.25) is 9.59 Å². The second kappa shape index (κ2) is 8.04. The van der Waals surface area contributed by atoms with Gasteiger partial charge in [0.15, 0.2) is 6.10 Å². The standard InChI is InChI=1S/C15H14O4S/c1-4-5-14-8-9-15(20-14)7-6-13(19-12(3)17)10-18-11(2)16/h8-9,13H,10H2,1-3H3. The predicted octanol–water partition coefficient (Wildman–Crippen LogP) is 1.97. The van der Waals surface area contributed by atoms with Crippen molar-refractivity contribution in [2.24, 2.45) is 0 Å². The summed E-state index contributed by atoms with van der Waals surface area (Å²) in [4.78, 5) is 23.4. The molecule has 0 aromatic carbocycles. The summed E-state index contributed by atoms with van der Waals surface area (Å²) in [5.41, 5.74) is 0. The van der Waals surface area contributed by atoms with Gasteiger partial charge in [-0.25, -0.2) is 0 Å². The van der Waals surface area contributed by atoms with E-state index in [0.29, 0.717) is 0 Å². The Balaban J connectivity index is 2.76. The van der Waals surface area contributed by atoms with E-state index in [0.717, 1.165) is 9.75 Å². The maximum atomic E-state index is 11.0. The minimum Gasteiger partial charge on any atom is -0.461 e. The molecule has 0 bridgehead atoms. The lowest BCUT2D eigenvalue weighted by Gasteiger charge is -2.10. The summed E-state index contributed by atoms with van der Waals surface area (Å²) < 4.78 is 9.76. The van der Waals surface area contributed by atoms with Gasteiger partial charge in [-0.15, -0.1) is 17.3 Å². The molecule has 1 aromatic heterocycles. The fourth-order valence-corrected chi connectivity index (χ4v) is 2.02. The van der Waals surface area contributed by atoms with Gasteiger partial charge >= 0.3 is 11.9 Å². The first kappa shape index (κ1) is 15.8. The molecule has 5 heteroatoms. The van der Waals surface area contributed by atoms with Crippen molar-refractivity contribution >= 4 is 23.3 Å². The number of esters is 2. The van der Waals surface area contributed by atoms with Crippen LogP contribution in [0.15, 0.2) is 12.1 Å². The molecule has 1 heterocycles. The number of carbonyl (C=O) groups excluding carboxylic acids is 2. The van der Waals surface area contributed by atoms with Gasteiger partial charge in [0, 0.05) is 13.8 Å². The highest BCUT2D eigenvalue weighted by Crippen LogP contribution is 2.14. The number of hydrogen-bond donors (Lipinski definition) is 0. The minimum atomic E-state index is -0.765. The Hall–Kier alpha value is -2.24. The van der Waals surface area contributed by atoms with Gasteiger partial charge in [0.05, 0.1) is 9.75 Å². The normalized spacial score (nSPS) is 10.3. The monoisotopic (exact) mass is 290 g/mol. The van der Waals surface area contributed by atoms with Gasteiger partial charge < -0.3 is 9.47 Å². The third-order valence-electron chi connectivity index (χ3n) is 1.96. The number of ether oxygens (including phenoxy) is 2. The zero-order valence-corrected chi connectivity index (χ0v) is 12.3. The molecule has 1 rings (SSSR count). The largest absolute Gasteiger partial charge is 0.461 e. The van der Waals surface area contributed by atoms with E-state index in [1.165, 1.54) is 25.2 Å². The summed E-state index contributed by atoms with van der Waals surface area (Å²) in [6, 6.07) is 3.71. The maximum absolute atomic E-state index is 11.0. The van der Waals surface area contributed by atoms with Gasteiger partial charge in [0.1, 0.15) is 6.61 Å². The van der Waals surface area contributed by atoms with E-state index < -0.39 is 18.0 Å². The van der Waals surface area contributed by atoms with E-state index in [2.05, 4.69) is 23.7 Å². The van der Waals surface area contributed by atoms with Crippen molar-refractivity contribution in [2.75, 3.05) is 6.61 Å². The molecule has 0 aliphatic heterocycles. The first-order chi connectivity index (χ1) is 9.51. The van der Waals surface area contributed by atoms with E-state index >= 15 is 0 Å². The van der Waals surface area contributed by atoms with E-state index in [1.54, 1.807) is 6.92 Å². The summed E-state index contributed by atoms with van der Waals surface area (Å²) >= 11 is 1.45. The summed E-state index contributed by atoms with van der Waals surface area (Å²) in [5.74, 6) is 10.5. The number of thiophene rings is 1. The molecule has 0 saturated carbocycles. The Bertz CT molecular complexity index is 607. The minimum absolute atomic E-state index is 0.0745. The quantitative estimate of drug-likeness (QED) is 0.631. The Morgan fingerprint density at radius 2 is 1.85 bits per heavy atom. The molecule has 1 aromatic rings. The molecule has 1 unspecified atom stereocenters. The van der Waals surface area contributed by atoms with Gasteiger partial charge in [0.2, 0.25) is 0 Å². The molecule has 0 N–H and O–H groups in total. The van der Waals surface area contributed by atoms with Crippen LogP contribution < -0.4 is 0 Å². The van der Waals surface area contributed by atoms with Crippen LogP contribution in [0.25, 0.3) is 0 Å². The maximum Gasteiger partial charge on any atom is 0.303 e. The predicted molar refractivity (Wildman–Crippen MR) is 75.9 cm³/mol. The molecule has 0 aliphatic rings. The lowest BCUT2D eigenvalue weighted by molar-refractivity contribution is -0.152. The van der Waals surface area contributed by atoms with Crippen molar-refractivity contribution in [1.82, 2.24) is 0 Å². The number of rotatable bonds is 3. The third-order valence-corrected chi connectivity index (χ3v) is 2.87. The van der Waals surface area contributed by atoms with Crippen molar-refractivity contribution in [1.29, 1.82) is 0 Å². The second-order valence-electron chi connectivity index (χ2n) is 3.71. The summed E-state index contributed by atoms with van der Waals surface area (Å²) in [6.07, 6.45) is -0.765. The average molecular weight is 290 g/mol. The third kappa shape index (κ3) is 6.08. The summed E-state index contributed by atoms with van der Waals surface area (Å²) in [5, 5.41) is 0. The highest BCUT2D eigenvalue weighted by molar-refractivity contribution is 7.13. The van der Waals surface area contributed by atoms with Crippen molar-refractivity contribution in [3.8, 4) is 23.7 Å². The summed E-state index contributed by atoms with van der Waals surface area (Å²) in [7, 11) is 0. The average Bonchev–Trinajstić information content (AvgIpc) is 2.80. The molecule has 4 nitrogen and oxygen atoms in total. The van der Waals surface area contributed by atoms with Crippen LogP contribution in [-0.4, -0.2) is 24.6 Å². The van der Waals surface area contributed by atoms with Crippen molar-refractivity contribution in [2.45, 2.75) is 26.9 Å². The fraction of sp³-hybridized carbons (Fsp3) is 0.333. The van der Waals surface area contributed by atoms with Crippen molar-refractivity contribution in [3.05, 3.63) is 21.9 Å². The van der Waals surface area contributed by atoms with Crippen LogP contribution in [0.4, 0.5) is 0 Å². The lowest BCUT2D eigenvalue weighted by Crippen LogP contribution is -2.22. The number of carbonyl (C=O) groups is 2. The van der Waals surface area contributed by atoms with Crippen LogP contribution in [0.5, 0.6) is 0 Å². The zero-order chi connectivity index (χ0) is 15.0. The van der Waals surface area contributed by atoms with Crippen LogP contribution in [0, 0.1) is 23.7 Å². The van der Waals surface area contributed by atoms with Crippen LogP contribution in [0.1, 0.15) is 30.5 Å². The smallest absolute Gasteiger partial charge is 0.303 e. The fourth-order valence-electron chi connectivity index (χ4n) is 1.25. The van der Waals surface area contributed by atoms with Gasteiger partial charge in [0.25, 0.3) is 0 Å². The molecule has 20 heavy (non-hydrogen) atoms. The zero-order valence-electron chi connectivity index (χ0n) is 11.5. The SMILES string of the molecule is CC#Cc1ccc(C#CC(COC(C)=O)OC(C)=O)s1. The van der Waals surface area contributed by atoms with Crippen LogP contribution in [0.2, 0.25) is 0 Å². The van der Waals surface area contributed by atoms with E-state index in [-0.39, 0.29) is 6.61 Å².